The highest BCUT2D eigenvalue weighted by Crippen LogP contribution is 2.21. The van der Waals surface area contributed by atoms with E-state index in [1.54, 1.807) is 7.11 Å². The summed E-state index contributed by atoms with van der Waals surface area (Å²) < 4.78 is 5.41. The van der Waals surface area contributed by atoms with Crippen molar-refractivity contribution in [2.24, 2.45) is 0 Å². The minimum atomic E-state index is -0.308. The van der Waals surface area contributed by atoms with Crippen molar-refractivity contribution >= 4 is 0 Å². The van der Waals surface area contributed by atoms with Crippen LogP contribution in [0.15, 0.2) is 24.3 Å². The summed E-state index contributed by atoms with van der Waals surface area (Å²) in [7, 11) is 5.88. The van der Waals surface area contributed by atoms with Gasteiger partial charge in [0.1, 0.15) is 5.75 Å². The topological polar surface area (TPSA) is 48.0 Å². The van der Waals surface area contributed by atoms with Crippen LogP contribution in [0.4, 0.5) is 0 Å². The molecule has 2 rings (SSSR count). The van der Waals surface area contributed by atoms with E-state index in [1.165, 1.54) is 5.56 Å². The molecule has 1 saturated heterocycles. The standard InChI is InChI=1S/C18H31N3O2/c1-20(2)11-6-10-19-16-9-12-21(14-17(16)22)13-15-7-4-5-8-18(15)23-3/h4-5,7-8,16-17,19,22H,6,9-14H2,1-3H3/t16-,17-/m1/s1. The van der Waals surface area contributed by atoms with E-state index in [2.05, 4.69) is 35.3 Å². The quantitative estimate of drug-likeness (QED) is 0.704. The molecule has 1 aliphatic heterocycles. The zero-order chi connectivity index (χ0) is 16.7. The van der Waals surface area contributed by atoms with Crippen LogP contribution in [-0.4, -0.2) is 74.4 Å². The van der Waals surface area contributed by atoms with Gasteiger partial charge in [0.25, 0.3) is 0 Å². The molecule has 0 saturated carbocycles. The first kappa shape index (κ1) is 18.2. The van der Waals surface area contributed by atoms with Crippen molar-refractivity contribution in [3.8, 4) is 5.75 Å². The van der Waals surface area contributed by atoms with Gasteiger partial charge in [-0.25, -0.2) is 0 Å². The molecular formula is C18H31N3O2. The van der Waals surface area contributed by atoms with Crippen molar-refractivity contribution in [1.82, 2.24) is 15.1 Å². The predicted octanol–water partition coefficient (Wildman–Crippen LogP) is 1.17. The number of nitrogens with one attached hydrogen (secondary N) is 1. The Labute approximate surface area is 140 Å². The van der Waals surface area contributed by atoms with Gasteiger partial charge in [-0.2, -0.15) is 0 Å². The van der Waals surface area contributed by atoms with E-state index in [1.807, 2.05) is 18.2 Å². The van der Waals surface area contributed by atoms with Crippen LogP contribution in [0, 0.1) is 0 Å². The van der Waals surface area contributed by atoms with Gasteiger partial charge in [-0.05, 0) is 46.1 Å². The zero-order valence-corrected chi connectivity index (χ0v) is 14.7. The van der Waals surface area contributed by atoms with Crippen LogP contribution in [0.5, 0.6) is 5.75 Å². The van der Waals surface area contributed by atoms with Crippen LogP contribution in [-0.2, 0) is 6.54 Å². The van der Waals surface area contributed by atoms with Crippen LogP contribution >= 0.6 is 0 Å². The molecule has 0 spiro atoms. The van der Waals surface area contributed by atoms with E-state index >= 15 is 0 Å². The van der Waals surface area contributed by atoms with Gasteiger partial charge in [-0.3, -0.25) is 4.90 Å². The van der Waals surface area contributed by atoms with E-state index in [-0.39, 0.29) is 12.1 Å². The van der Waals surface area contributed by atoms with E-state index in [0.29, 0.717) is 6.54 Å². The summed E-state index contributed by atoms with van der Waals surface area (Å²) >= 11 is 0. The SMILES string of the molecule is COc1ccccc1CN1CC[C@@H](NCCCN(C)C)[C@H](O)C1. The number of para-hydroxylation sites is 1. The molecular weight excluding hydrogens is 290 g/mol. The first-order valence-electron chi connectivity index (χ1n) is 8.50. The average Bonchev–Trinajstić information content (AvgIpc) is 2.53. The lowest BCUT2D eigenvalue weighted by Crippen LogP contribution is -2.52. The molecule has 0 aromatic heterocycles. The summed E-state index contributed by atoms with van der Waals surface area (Å²) in [5.74, 6) is 0.922. The molecule has 5 nitrogen and oxygen atoms in total. The fourth-order valence-corrected chi connectivity index (χ4v) is 3.14. The Morgan fingerprint density at radius 2 is 2.13 bits per heavy atom. The Morgan fingerprint density at radius 1 is 1.35 bits per heavy atom. The van der Waals surface area contributed by atoms with Crippen LogP contribution in [0.3, 0.4) is 0 Å². The number of hydrogen-bond donors (Lipinski definition) is 2. The molecule has 23 heavy (non-hydrogen) atoms. The lowest BCUT2D eigenvalue weighted by molar-refractivity contribution is 0.0367. The number of methoxy groups -OCH3 is 1. The Hall–Kier alpha value is -1.14. The molecule has 0 bridgehead atoms. The van der Waals surface area contributed by atoms with Crippen LogP contribution in [0.1, 0.15) is 18.4 Å². The lowest BCUT2D eigenvalue weighted by Gasteiger charge is -2.36. The zero-order valence-electron chi connectivity index (χ0n) is 14.7. The second-order valence-corrected chi connectivity index (χ2v) is 6.62. The van der Waals surface area contributed by atoms with Crippen molar-refractivity contribution in [1.29, 1.82) is 0 Å². The summed E-state index contributed by atoms with van der Waals surface area (Å²) in [5.41, 5.74) is 1.18. The van der Waals surface area contributed by atoms with E-state index < -0.39 is 0 Å². The van der Waals surface area contributed by atoms with Crippen molar-refractivity contribution in [2.45, 2.75) is 31.5 Å². The molecule has 5 heteroatoms. The third-order valence-electron chi connectivity index (χ3n) is 4.44. The summed E-state index contributed by atoms with van der Waals surface area (Å²) in [4.78, 5) is 4.49. The number of aliphatic hydroxyl groups excluding tert-OH is 1. The molecule has 1 aromatic rings. The Balaban J connectivity index is 1.77. The van der Waals surface area contributed by atoms with Gasteiger partial charge in [0.2, 0.25) is 0 Å². The lowest BCUT2D eigenvalue weighted by atomic mass is 10.0. The molecule has 1 aliphatic rings. The van der Waals surface area contributed by atoms with Crippen molar-refractivity contribution < 1.29 is 9.84 Å². The second-order valence-electron chi connectivity index (χ2n) is 6.62. The third kappa shape index (κ3) is 5.77. The maximum atomic E-state index is 10.4. The third-order valence-corrected chi connectivity index (χ3v) is 4.44. The number of rotatable bonds is 8. The van der Waals surface area contributed by atoms with Crippen LogP contribution in [0.25, 0.3) is 0 Å². The van der Waals surface area contributed by atoms with Gasteiger partial charge in [-0.15, -0.1) is 0 Å². The molecule has 1 aromatic carbocycles. The highest BCUT2D eigenvalue weighted by molar-refractivity contribution is 5.33. The summed E-state index contributed by atoms with van der Waals surface area (Å²) in [6.45, 7) is 4.58. The smallest absolute Gasteiger partial charge is 0.123 e. The van der Waals surface area contributed by atoms with Gasteiger partial charge in [0.15, 0.2) is 0 Å². The number of benzene rings is 1. The normalized spacial score (nSPS) is 22.5. The van der Waals surface area contributed by atoms with E-state index in [9.17, 15) is 5.11 Å². The Morgan fingerprint density at radius 3 is 2.83 bits per heavy atom. The van der Waals surface area contributed by atoms with Crippen molar-refractivity contribution in [3.63, 3.8) is 0 Å². The average molecular weight is 321 g/mol. The molecule has 0 radical (unpaired) electrons. The van der Waals surface area contributed by atoms with Gasteiger partial charge in [0.05, 0.1) is 13.2 Å². The van der Waals surface area contributed by atoms with E-state index in [0.717, 1.165) is 44.8 Å². The number of nitrogens with zero attached hydrogens (tertiary/aromatic N) is 2. The molecule has 2 N–H and O–H groups in total. The maximum absolute atomic E-state index is 10.4. The first-order chi connectivity index (χ1) is 11.1. The number of likely N-dealkylation sites (tertiary alicyclic amines) is 1. The fraction of sp³-hybridized carbons (Fsp3) is 0.667. The Kier molecular flexibility index (Phi) is 7.30. The Bertz CT molecular complexity index is 467. The fourth-order valence-electron chi connectivity index (χ4n) is 3.14. The van der Waals surface area contributed by atoms with Crippen LogP contribution < -0.4 is 10.1 Å². The molecule has 2 atom stereocenters. The van der Waals surface area contributed by atoms with Gasteiger partial charge < -0.3 is 20.1 Å². The molecule has 0 amide bonds. The predicted molar refractivity (Wildman–Crippen MR) is 93.9 cm³/mol. The summed E-state index contributed by atoms with van der Waals surface area (Å²) in [6.07, 6.45) is 1.79. The molecule has 1 heterocycles. The highest BCUT2D eigenvalue weighted by atomic mass is 16.5. The summed E-state index contributed by atoms with van der Waals surface area (Å²) in [5, 5.41) is 13.9. The molecule has 0 unspecified atom stereocenters. The maximum Gasteiger partial charge on any atom is 0.123 e. The van der Waals surface area contributed by atoms with Crippen LogP contribution in [0.2, 0.25) is 0 Å². The first-order valence-corrected chi connectivity index (χ1v) is 8.50. The van der Waals surface area contributed by atoms with Gasteiger partial charge in [0, 0.05) is 31.2 Å². The number of piperidine rings is 1. The highest BCUT2D eigenvalue weighted by Gasteiger charge is 2.27. The minimum absolute atomic E-state index is 0.214. The summed E-state index contributed by atoms with van der Waals surface area (Å²) in [6, 6.07) is 8.32. The van der Waals surface area contributed by atoms with Crippen molar-refractivity contribution in [2.75, 3.05) is 47.4 Å². The van der Waals surface area contributed by atoms with Gasteiger partial charge >= 0.3 is 0 Å². The minimum Gasteiger partial charge on any atom is -0.496 e. The van der Waals surface area contributed by atoms with Gasteiger partial charge in [-0.1, -0.05) is 18.2 Å². The molecule has 1 fully saturated rings. The number of hydrogen-bond acceptors (Lipinski definition) is 5. The molecule has 0 aliphatic carbocycles. The van der Waals surface area contributed by atoms with Crippen molar-refractivity contribution in [3.05, 3.63) is 29.8 Å². The second kappa shape index (κ2) is 9.23. The number of aliphatic hydroxyl groups is 1. The monoisotopic (exact) mass is 321 g/mol. The van der Waals surface area contributed by atoms with E-state index in [4.69, 9.17) is 4.74 Å². The molecule has 130 valence electrons. The number of β-amino-alcohol motifs (C(OH)–C–C–N with tert-alkyl or cyclic N) is 1. The number of ether oxygens (including phenoxy) is 1. The largest absolute Gasteiger partial charge is 0.496 e.